The molecule has 0 amide bonds. The average Bonchev–Trinajstić information content (AvgIpc) is 2.67. The van der Waals surface area contributed by atoms with Crippen LogP contribution in [0, 0.1) is 11.6 Å². The maximum atomic E-state index is 13.5. The molecule has 0 radical (unpaired) electrons. The molecular formula is C20H18F2O5. The summed E-state index contributed by atoms with van der Waals surface area (Å²) in [5.41, 5.74) is 0.179. The topological polar surface area (TPSA) is 61.8 Å². The van der Waals surface area contributed by atoms with Gasteiger partial charge in [0.15, 0.2) is 18.1 Å². The Morgan fingerprint density at radius 3 is 2.56 bits per heavy atom. The van der Waals surface area contributed by atoms with Crippen molar-refractivity contribution in [1.29, 1.82) is 0 Å². The molecule has 2 aromatic carbocycles. The number of Topliss-reactive ketones (excluding diaryl/α,β-unsaturated/α-hetero) is 1. The molecule has 0 heterocycles. The highest BCUT2D eigenvalue weighted by Crippen LogP contribution is 2.28. The Labute approximate surface area is 155 Å². The van der Waals surface area contributed by atoms with E-state index in [0.717, 1.165) is 24.3 Å². The predicted molar refractivity (Wildman–Crippen MR) is 94.8 cm³/mol. The minimum absolute atomic E-state index is 0.469. The molecule has 7 heteroatoms. The zero-order chi connectivity index (χ0) is 19.8. The molecule has 0 saturated heterocycles. The second-order valence-corrected chi connectivity index (χ2v) is 5.33. The van der Waals surface area contributed by atoms with Gasteiger partial charge < -0.3 is 14.2 Å². The highest BCUT2D eigenvalue weighted by atomic mass is 19.1. The summed E-state index contributed by atoms with van der Waals surface area (Å²) in [6.07, 6.45) is 2.58. The van der Waals surface area contributed by atoms with Crippen molar-refractivity contribution in [3.8, 4) is 11.5 Å². The van der Waals surface area contributed by atoms with Gasteiger partial charge in [0, 0.05) is 6.08 Å². The van der Waals surface area contributed by atoms with E-state index in [9.17, 15) is 18.4 Å². The van der Waals surface area contributed by atoms with Crippen LogP contribution in [0.3, 0.4) is 0 Å². The Bertz CT molecular complexity index is 861. The zero-order valence-corrected chi connectivity index (χ0v) is 14.8. The monoisotopic (exact) mass is 376 g/mol. The molecule has 0 saturated carbocycles. The number of hydrogen-bond acceptors (Lipinski definition) is 5. The van der Waals surface area contributed by atoms with E-state index in [4.69, 9.17) is 14.2 Å². The summed E-state index contributed by atoms with van der Waals surface area (Å²) in [6.45, 7) is 1.63. The zero-order valence-electron chi connectivity index (χ0n) is 14.8. The van der Waals surface area contributed by atoms with Gasteiger partial charge in [0.05, 0.1) is 19.3 Å². The summed E-state index contributed by atoms with van der Waals surface area (Å²) in [5, 5.41) is 0. The number of carbonyl (C=O) groups excluding carboxylic acids is 2. The molecule has 0 N–H and O–H groups in total. The molecule has 142 valence electrons. The van der Waals surface area contributed by atoms with Gasteiger partial charge in [0.2, 0.25) is 5.78 Å². The standard InChI is InChI=1S/C20H18F2O5/c1-3-26-18-8-4-13(10-19(18)25-2)5-9-20(24)27-12-17(23)15-11-14(21)6-7-16(15)22/h4-11H,3,12H2,1-2H3/b9-5+. The van der Waals surface area contributed by atoms with E-state index in [1.807, 2.05) is 6.92 Å². The van der Waals surface area contributed by atoms with Gasteiger partial charge >= 0.3 is 5.97 Å². The van der Waals surface area contributed by atoms with Gasteiger partial charge in [-0.15, -0.1) is 0 Å². The molecule has 0 aliphatic heterocycles. The summed E-state index contributed by atoms with van der Waals surface area (Å²) < 4.78 is 42.0. The maximum Gasteiger partial charge on any atom is 0.331 e. The van der Waals surface area contributed by atoms with Crippen LogP contribution in [0.1, 0.15) is 22.8 Å². The number of carbonyl (C=O) groups is 2. The lowest BCUT2D eigenvalue weighted by atomic mass is 10.1. The van der Waals surface area contributed by atoms with Crippen LogP contribution in [-0.2, 0) is 9.53 Å². The van der Waals surface area contributed by atoms with Crippen molar-refractivity contribution >= 4 is 17.8 Å². The van der Waals surface area contributed by atoms with Crippen LogP contribution in [0.25, 0.3) is 6.08 Å². The molecule has 0 spiro atoms. The largest absolute Gasteiger partial charge is 0.493 e. The molecule has 2 aromatic rings. The number of esters is 1. The van der Waals surface area contributed by atoms with E-state index in [0.29, 0.717) is 23.7 Å². The summed E-state index contributed by atoms with van der Waals surface area (Å²) >= 11 is 0. The Kier molecular flexibility index (Phi) is 7.05. The van der Waals surface area contributed by atoms with Gasteiger partial charge in [-0.3, -0.25) is 4.79 Å². The number of halogens is 2. The van der Waals surface area contributed by atoms with Gasteiger partial charge in [-0.1, -0.05) is 6.07 Å². The first-order valence-electron chi connectivity index (χ1n) is 8.08. The molecule has 0 bridgehead atoms. The SMILES string of the molecule is CCOc1ccc(/C=C/C(=O)OCC(=O)c2cc(F)ccc2F)cc1OC. The average molecular weight is 376 g/mol. The van der Waals surface area contributed by atoms with Crippen LogP contribution < -0.4 is 9.47 Å². The van der Waals surface area contributed by atoms with Crippen LogP contribution in [0.5, 0.6) is 11.5 Å². The fourth-order valence-corrected chi connectivity index (χ4v) is 2.20. The number of methoxy groups -OCH3 is 1. The number of rotatable bonds is 8. The third kappa shape index (κ3) is 5.64. The van der Waals surface area contributed by atoms with E-state index in [1.54, 1.807) is 18.2 Å². The first-order valence-corrected chi connectivity index (χ1v) is 8.08. The molecule has 0 atom stereocenters. The van der Waals surface area contributed by atoms with Crippen molar-refractivity contribution in [3.05, 3.63) is 65.2 Å². The molecule has 27 heavy (non-hydrogen) atoms. The van der Waals surface area contributed by atoms with Crippen molar-refractivity contribution in [3.63, 3.8) is 0 Å². The first-order chi connectivity index (χ1) is 12.9. The highest BCUT2D eigenvalue weighted by molar-refractivity contribution is 5.99. The van der Waals surface area contributed by atoms with Gasteiger partial charge in [-0.05, 0) is 48.9 Å². The second kappa shape index (κ2) is 9.47. The third-order valence-corrected chi connectivity index (χ3v) is 3.47. The summed E-state index contributed by atoms with van der Waals surface area (Å²) in [4.78, 5) is 23.6. The number of benzene rings is 2. The van der Waals surface area contributed by atoms with E-state index >= 15 is 0 Å². The van der Waals surface area contributed by atoms with Crippen LogP contribution in [0.2, 0.25) is 0 Å². The van der Waals surface area contributed by atoms with Gasteiger partial charge in [0.25, 0.3) is 0 Å². The van der Waals surface area contributed by atoms with Gasteiger partial charge in [0.1, 0.15) is 11.6 Å². The van der Waals surface area contributed by atoms with Crippen molar-refractivity contribution < 1.29 is 32.6 Å². The smallest absolute Gasteiger partial charge is 0.331 e. The van der Waals surface area contributed by atoms with Gasteiger partial charge in [-0.25, -0.2) is 13.6 Å². The fraction of sp³-hybridized carbons (Fsp3) is 0.200. The van der Waals surface area contributed by atoms with E-state index < -0.39 is 35.6 Å². The lowest BCUT2D eigenvalue weighted by molar-refractivity contribution is -0.136. The molecule has 0 unspecified atom stereocenters. The third-order valence-electron chi connectivity index (χ3n) is 3.47. The predicted octanol–water partition coefficient (Wildman–Crippen LogP) is 3.81. The van der Waals surface area contributed by atoms with Crippen LogP contribution in [0.15, 0.2) is 42.5 Å². The first kappa shape index (κ1) is 20.1. The van der Waals surface area contributed by atoms with Crippen LogP contribution in [-0.4, -0.2) is 32.1 Å². The van der Waals surface area contributed by atoms with Crippen LogP contribution in [0.4, 0.5) is 8.78 Å². The Morgan fingerprint density at radius 1 is 1.07 bits per heavy atom. The minimum Gasteiger partial charge on any atom is -0.493 e. The molecule has 0 aliphatic rings. The minimum atomic E-state index is -0.880. The molecular weight excluding hydrogens is 358 g/mol. The fourth-order valence-electron chi connectivity index (χ4n) is 2.20. The number of ether oxygens (including phenoxy) is 3. The maximum absolute atomic E-state index is 13.5. The van der Waals surface area contributed by atoms with E-state index in [1.165, 1.54) is 13.2 Å². The lowest BCUT2D eigenvalue weighted by Crippen LogP contribution is -2.14. The highest BCUT2D eigenvalue weighted by Gasteiger charge is 2.14. The van der Waals surface area contributed by atoms with E-state index in [-0.39, 0.29) is 0 Å². The number of ketones is 1. The second-order valence-electron chi connectivity index (χ2n) is 5.33. The molecule has 0 fully saturated rings. The molecule has 2 rings (SSSR count). The van der Waals surface area contributed by atoms with Crippen molar-refractivity contribution in [2.45, 2.75) is 6.92 Å². The molecule has 5 nitrogen and oxygen atoms in total. The Hall–Kier alpha value is -3.22. The summed E-state index contributed by atoms with van der Waals surface area (Å²) in [5.74, 6) is -2.19. The van der Waals surface area contributed by atoms with Crippen LogP contribution >= 0.6 is 0 Å². The quantitative estimate of drug-likeness (QED) is 0.398. The Balaban J connectivity index is 1.97. The van der Waals surface area contributed by atoms with Crippen molar-refractivity contribution in [2.24, 2.45) is 0 Å². The van der Waals surface area contributed by atoms with E-state index in [2.05, 4.69) is 0 Å². The summed E-state index contributed by atoms with van der Waals surface area (Å²) in [6, 6.07) is 7.57. The Morgan fingerprint density at radius 2 is 1.85 bits per heavy atom. The normalized spacial score (nSPS) is 10.7. The lowest BCUT2D eigenvalue weighted by Gasteiger charge is -2.09. The van der Waals surface area contributed by atoms with Crippen molar-refractivity contribution in [1.82, 2.24) is 0 Å². The molecule has 0 aliphatic carbocycles. The van der Waals surface area contributed by atoms with Gasteiger partial charge in [-0.2, -0.15) is 0 Å². The summed E-state index contributed by atoms with van der Waals surface area (Å²) in [7, 11) is 1.50. The molecule has 0 aromatic heterocycles. The number of hydrogen-bond donors (Lipinski definition) is 0. The van der Waals surface area contributed by atoms with Crippen molar-refractivity contribution in [2.75, 3.05) is 20.3 Å².